The van der Waals surface area contributed by atoms with Crippen molar-refractivity contribution in [3.63, 3.8) is 0 Å². The van der Waals surface area contributed by atoms with Crippen LogP contribution in [0, 0.1) is 0 Å². The molecular formula is C21H27N3O2. The molecule has 1 aliphatic heterocycles. The summed E-state index contributed by atoms with van der Waals surface area (Å²) in [4.78, 5) is 19.2. The highest BCUT2D eigenvalue weighted by Crippen LogP contribution is 2.26. The Balaban J connectivity index is 1.72. The molecule has 0 bridgehead atoms. The van der Waals surface area contributed by atoms with E-state index in [1.165, 1.54) is 5.69 Å². The van der Waals surface area contributed by atoms with Gasteiger partial charge in [-0.2, -0.15) is 0 Å². The van der Waals surface area contributed by atoms with Gasteiger partial charge in [-0.3, -0.25) is 9.69 Å². The molecule has 0 saturated carbocycles. The van der Waals surface area contributed by atoms with Crippen LogP contribution in [0.5, 0.6) is 5.75 Å². The van der Waals surface area contributed by atoms with Gasteiger partial charge in [-0.25, -0.2) is 0 Å². The van der Waals surface area contributed by atoms with Crippen molar-refractivity contribution in [1.29, 1.82) is 0 Å². The molecule has 2 aromatic carbocycles. The SMILES string of the molecule is COc1ccc(N2CCN([C@@H](C(=O)N(C)C)c3ccccc3)CC2)cc1. The van der Waals surface area contributed by atoms with Gasteiger partial charge in [0.15, 0.2) is 0 Å². The van der Waals surface area contributed by atoms with Crippen molar-refractivity contribution in [1.82, 2.24) is 9.80 Å². The van der Waals surface area contributed by atoms with Crippen molar-refractivity contribution < 1.29 is 9.53 Å². The number of piperazine rings is 1. The molecule has 138 valence electrons. The van der Waals surface area contributed by atoms with E-state index in [9.17, 15) is 4.79 Å². The third-order valence-electron chi connectivity index (χ3n) is 4.91. The third-order valence-corrected chi connectivity index (χ3v) is 4.91. The molecule has 5 heteroatoms. The molecule has 0 aromatic heterocycles. The third kappa shape index (κ3) is 3.99. The van der Waals surface area contributed by atoms with Gasteiger partial charge in [-0.05, 0) is 29.8 Å². The van der Waals surface area contributed by atoms with Crippen LogP contribution in [0.2, 0.25) is 0 Å². The van der Waals surface area contributed by atoms with Crippen molar-refractivity contribution in [2.24, 2.45) is 0 Å². The normalized spacial score (nSPS) is 16.2. The summed E-state index contributed by atoms with van der Waals surface area (Å²) in [5, 5.41) is 0. The first-order chi connectivity index (χ1) is 12.6. The number of likely N-dealkylation sites (N-methyl/N-ethyl adjacent to an activating group) is 1. The highest BCUT2D eigenvalue weighted by molar-refractivity contribution is 5.83. The van der Waals surface area contributed by atoms with E-state index >= 15 is 0 Å². The number of ether oxygens (including phenoxy) is 1. The zero-order valence-electron chi connectivity index (χ0n) is 15.8. The summed E-state index contributed by atoms with van der Waals surface area (Å²) in [7, 11) is 5.33. The van der Waals surface area contributed by atoms with Crippen LogP contribution < -0.4 is 9.64 Å². The average Bonchev–Trinajstić information content (AvgIpc) is 2.69. The van der Waals surface area contributed by atoms with Gasteiger partial charge >= 0.3 is 0 Å². The Kier molecular flexibility index (Phi) is 5.78. The van der Waals surface area contributed by atoms with E-state index in [1.807, 2.05) is 56.6 Å². The lowest BCUT2D eigenvalue weighted by atomic mass is 10.0. The molecule has 3 rings (SSSR count). The standard InChI is InChI=1S/C21H27N3O2/c1-22(2)21(25)20(17-7-5-4-6-8-17)24-15-13-23(14-16-24)18-9-11-19(26-3)12-10-18/h4-12,20H,13-16H2,1-3H3/t20-/m1/s1. The summed E-state index contributed by atoms with van der Waals surface area (Å²) < 4.78 is 5.23. The van der Waals surface area contributed by atoms with Gasteiger partial charge in [0.25, 0.3) is 0 Å². The molecule has 0 N–H and O–H groups in total. The maximum absolute atomic E-state index is 12.8. The molecule has 0 spiro atoms. The van der Waals surface area contributed by atoms with Crippen molar-refractivity contribution in [2.45, 2.75) is 6.04 Å². The molecule has 0 radical (unpaired) electrons. The van der Waals surface area contributed by atoms with Gasteiger partial charge in [-0.15, -0.1) is 0 Å². The largest absolute Gasteiger partial charge is 0.497 e. The predicted octanol–water partition coefficient (Wildman–Crippen LogP) is 2.65. The highest BCUT2D eigenvalue weighted by Gasteiger charge is 2.31. The fourth-order valence-corrected chi connectivity index (χ4v) is 3.42. The number of hydrogen-bond donors (Lipinski definition) is 0. The maximum atomic E-state index is 12.8. The fraction of sp³-hybridized carbons (Fsp3) is 0.381. The smallest absolute Gasteiger partial charge is 0.244 e. The van der Waals surface area contributed by atoms with E-state index in [2.05, 4.69) is 21.9 Å². The number of nitrogens with zero attached hydrogens (tertiary/aromatic N) is 3. The molecular weight excluding hydrogens is 326 g/mol. The molecule has 1 heterocycles. The van der Waals surface area contributed by atoms with Crippen LogP contribution in [0.1, 0.15) is 11.6 Å². The van der Waals surface area contributed by atoms with Gasteiger partial charge < -0.3 is 14.5 Å². The molecule has 1 aliphatic rings. The molecule has 1 amide bonds. The molecule has 26 heavy (non-hydrogen) atoms. The lowest BCUT2D eigenvalue weighted by Gasteiger charge is -2.40. The quantitative estimate of drug-likeness (QED) is 0.828. The Hall–Kier alpha value is -2.53. The number of benzene rings is 2. The van der Waals surface area contributed by atoms with E-state index in [1.54, 1.807) is 12.0 Å². The average molecular weight is 353 g/mol. The van der Waals surface area contributed by atoms with E-state index in [0.29, 0.717) is 0 Å². The second kappa shape index (κ2) is 8.23. The monoisotopic (exact) mass is 353 g/mol. The number of carbonyl (C=O) groups excluding carboxylic acids is 1. The number of methoxy groups -OCH3 is 1. The first-order valence-corrected chi connectivity index (χ1v) is 8.99. The molecule has 1 atom stereocenters. The van der Waals surface area contributed by atoms with Crippen LogP contribution in [-0.4, -0.2) is 63.1 Å². The van der Waals surface area contributed by atoms with E-state index in [0.717, 1.165) is 37.5 Å². The lowest BCUT2D eigenvalue weighted by molar-refractivity contribution is -0.134. The number of anilines is 1. The van der Waals surface area contributed by atoms with Crippen LogP contribution in [0.3, 0.4) is 0 Å². The molecule has 2 aromatic rings. The van der Waals surface area contributed by atoms with E-state index < -0.39 is 0 Å². The zero-order chi connectivity index (χ0) is 18.5. The Morgan fingerprint density at radius 3 is 2.12 bits per heavy atom. The Morgan fingerprint density at radius 2 is 1.58 bits per heavy atom. The van der Waals surface area contributed by atoms with Gasteiger partial charge in [0.2, 0.25) is 5.91 Å². The van der Waals surface area contributed by atoms with Gasteiger partial charge in [-0.1, -0.05) is 30.3 Å². The Morgan fingerprint density at radius 1 is 0.962 bits per heavy atom. The van der Waals surface area contributed by atoms with Crippen molar-refractivity contribution in [3.05, 3.63) is 60.2 Å². The first-order valence-electron chi connectivity index (χ1n) is 8.99. The minimum absolute atomic E-state index is 0.133. The topological polar surface area (TPSA) is 36.0 Å². The van der Waals surface area contributed by atoms with Crippen LogP contribution in [0.4, 0.5) is 5.69 Å². The Bertz CT molecular complexity index is 708. The molecule has 0 unspecified atom stereocenters. The van der Waals surface area contributed by atoms with Gasteiger partial charge in [0.05, 0.1) is 7.11 Å². The summed E-state index contributed by atoms with van der Waals surface area (Å²) in [5.74, 6) is 1.00. The molecule has 1 saturated heterocycles. The van der Waals surface area contributed by atoms with Crippen LogP contribution in [-0.2, 0) is 4.79 Å². The predicted molar refractivity (Wildman–Crippen MR) is 105 cm³/mol. The van der Waals surface area contributed by atoms with Crippen LogP contribution >= 0.6 is 0 Å². The zero-order valence-corrected chi connectivity index (χ0v) is 15.8. The highest BCUT2D eigenvalue weighted by atomic mass is 16.5. The molecule has 0 aliphatic carbocycles. The molecule has 1 fully saturated rings. The second-order valence-corrected chi connectivity index (χ2v) is 6.77. The fourth-order valence-electron chi connectivity index (χ4n) is 3.42. The summed E-state index contributed by atoms with van der Waals surface area (Å²) in [6.45, 7) is 3.50. The van der Waals surface area contributed by atoms with Gasteiger partial charge in [0, 0.05) is 46.0 Å². The van der Waals surface area contributed by atoms with E-state index in [4.69, 9.17) is 4.74 Å². The van der Waals surface area contributed by atoms with Crippen molar-refractivity contribution >= 4 is 11.6 Å². The van der Waals surface area contributed by atoms with Gasteiger partial charge in [0.1, 0.15) is 11.8 Å². The minimum Gasteiger partial charge on any atom is -0.497 e. The number of rotatable bonds is 5. The second-order valence-electron chi connectivity index (χ2n) is 6.77. The van der Waals surface area contributed by atoms with Crippen molar-refractivity contribution in [3.8, 4) is 5.75 Å². The van der Waals surface area contributed by atoms with Crippen LogP contribution in [0.15, 0.2) is 54.6 Å². The number of amides is 1. The Labute approximate surface area is 155 Å². The summed E-state index contributed by atoms with van der Waals surface area (Å²) in [6, 6.07) is 18.0. The summed E-state index contributed by atoms with van der Waals surface area (Å²) in [6.07, 6.45) is 0. The maximum Gasteiger partial charge on any atom is 0.244 e. The van der Waals surface area contributed by atoms with E-state index in [-0.39, 0.29) is 11.9 Å². The molecule has 5 nitrogen and oxygen atoms in total. The first kappa shape index (κ1) is 18.3. The van der Waals surface area contributed by atoms with Crippen LogP contribution in [0.25, 0.3) is 0 Å². The minimum atomic E-state index is -0.218. The summed E-state index contributed by atoms with van der Waals surface area (Å²) in [5.41, 5.74) is 2.25. The summed E-state index contributed by atoms with van der Waals surface area (Å²) >= 11 is 0. The number of hydrogen-bond acceptors (Lipinski definition) is 4. The lowest BCUT2D eigenvalue weighted by Crippen LogP contribution is -2.51. The number of carbonyl (C=O) groups is 1. The van der Waals surface area contributed by atoms with Crippen molar-refractivity contribution in [2.75, 3.05) is 52.3 Å².